The summed E-state index contributed by atoms with van der Waals surface area (Å²) < 4.78 is 5.65. The molecule has 1 aromatic carbocycles. The zero-order chi connectivity index (χ0) is 13.0. The van der Waals surface area contributed by atoms with Gasteiger partial charge in [-0.15, -0.1) is 0 Å². The smallest absolute Gasteiger partial charge is 0.146 e. The first-order valence-corrected chi connectivity index (χ1v) is 5.76. The topological polar surface area (TPSA) is 68.4 Å². The first kappa shape index (κ1) is 12.4. The highest BCUT2D eigenvalue weighted by Crippen LogP contribution is 2.29. The van der Waals surface area contributed by atoms with E-state index in [0.717, 1.165) is 5.56 Å². The van der Waals surface area contributed by atoms with Crippen LogP contribution in [0.25, 0.3) is 0 Å². The fourth-order valence-corrected chi connectivity index (χ4v) is 1.69. The molecule has 0 fully saturated rings. The first-order valence-electron chi connectivity index (χ1n) is 5.76. The van der Waals surface area contributed by atoms with Gasteiger partial charge in [0.25, 0.3) is 0 Å². The van der Waals surface area contributed by atoms with Gasteiger partial charge in [-0.1, -0.05) is 30.3 Å². The minimum atomic E-state index is 0.114. The summed E-state index contributed by atoms with van der Waals surface area (Å²) in [5.74, 6) is 0.646. The van der Waals surface area contributed by atoms with Crippen molar-refractivity contribution in [1.29, 1.82) is 0 Å². The lowest BCUT2D eigenvalue weighted by atomic mass is 10.2. The molecule has 1 heterocycles. The number of benzene rings is 1. The Hall–Kier alpha value is -2.07. The summed E-state index contributed by atoms with van der Waals surface area (Å²) in [5.41, 5.74) is 7.83. The second-order valence-corrected chi connectivity index (χ2v) is 4.01. The summed E-state index contributed by atoms with van der Waals surface area (Å²) in [6.45, 7) is 2.38. The van der Waals surface area contributed by atoms with Crippen LogP contribution in [0.3, 0.4) is 0 Å². The van der Waals surface area contributed by atoms with E-state index in [1.54, 1.807) is 13.1 Å². The number of hydrogen-bond donors (Lipinski definition) is 2. The normalized spacial score (nSPS) is 10.3. The van der Waals surface area contributed by atoms with E-state index in [1.807, 2.05) is 30.3 Å². The molecule has 0 radical (unpaired) electrons. The maximum Gasteiger partial charge on any atom is 0.146 e. The standard InChI is InChI=1S/C14H16N2O2/c1-10-14(17)12(7-15)13(8-16-10)18-9-11-5-3-2-4-6-11/h2-6,8,17H,7,9,15H2,1H3. The number of pyridine rings is 1. The fourth-order valence-electron chi connectivity index (χ4n) is 1.69. The number of aromatic hydroxyl groups is 1. The lowest BCUT2D eigenvalue weighted by molar-refractivity contribution is 0.298. The second-order valence-electron chi connectivity index (χ2n) is 4.01. The predicted molar refractivity (Wildman–Crippen MR) is 69.3 cm³/mol. The molecular weight excluding hydrogens is 228 g/mol. The maximum atomic E-state index is 9.85. The molecule has 0 saturated heterocycles. The van der Waals surface area contributed by atoms with E-state index in [0.29, 0.717) is 23.6 Å². The van der Waals surface area contributed by atoms with Crippen LogP contribution in [0.2, 0.25) is 0 Å². The Kier molecular flexibility index (Phi) is 3.79. The highest BCUT2D eigenvalue weighted by atomic mass is 16.5. The molecule has 4 heteroatoms. The molecule has 0 bridgehead atoms. The van der Waals surface area contributed by atoms with Crippen molar-refractivity contribution < 1.29 is 9.84 Å². The van der Waals surface area contributed by atoms with Crippen LogP contribution < -0.4 is 10.5 Å². The Morgan fingerprint density at radius 2 is 2.00 bits per heavy atom. The third kappa shape index (κ3) is 2.60. The molecule has 0 atom stereocenters. The summed E-state index contributed by atoms with van der Waals surface area (Å²) >= 11 is 0. The maximum absolute atomic E-state index is 9.85. The molecule has 0 aliphatic carbocycles. The van der Waals surface area contributed by atoms with E-state index in [9.17, 15) is 5.11 Å². The summed E-state index contributed by atoms with van der Waals surface area (Å²) in [4.78, 5) is 4.07. The predicted octanol–water partition coefficient (Wildman–Crippen LogP) is 2.13. The van der Waals surface area contributed by atoms with Crippen LogP contribution in [0.4, 0.5) is 0 Å². The Bertz CT molecular complexity index is 527. The molecular formula is C14H16N2O2. The molecule has 2 aromatic rings. The number of rotatable bonds is 4. The number of nitrogens with two attached hydrogens (primary N) is 1. The zero-order valence-electron chi connectivity index (χ0n) is 10.3. The molecule has 18 heavy (non-hydrogen) atoms. The van der Waals surface area contributed by atoms with Gasteiger partial charge in [0.1, 0.15) is 18.1 Å². The number of ether oxygens (including phenoxy) is 1. The van der Waals surface area contributed by atoms with Crippen LogP contribution >= 0.6 is 0 Å². The largest absolute Gasteiger partial charge is 0.506 e. The zero-order valence-corrected chi connectivity index (χ0v) is 10.3. The number of hydrogen-bond acceptors (Lipinski definition) is 4. The van der Waals surface area contributed by atoms with Gasteiger partial charge in [0.05, 0.1) is 17.5 Å². The van der Waals surface area contributed by atoms with Gasteiger partial charge in [-0.2, -0.15) is 0 Å². The van der Waals surface area contributed by atoms with Crippen molar-refractivity contribution in [2.45, 2.75) is 20.1 Å². The molecule has 1 aromatic heterocycles. The van der Waals surface area contributed by atoms with Crippen LogP contribution in [-0.2, 0) is 13.2 Å². The van der Waals surface area contributed by atoms with Gasteiger partial charge < -0.3 is 15.6 Å². The summed E-state index contributed by atoms with van der Waals surface area (Å²) in [7, 11) is 0. The van der Waals surface area contributed by atoms with Crippen molar-refractivity contribution >= 4 is 0 Å². The van der Waals surface area contributed by atoms with E-state index in [4.69, 9.17) is 10.5 Å². The minimum Gasteiger partial charge on any atom is -0.506 e. The Morgan fingerprint density at radius 3 is 2.67 bits per heavy atom. The molecule has 2 rings (SSSR count). The van der Waals surface area contributed by atoms with E-state index >= 15 is 0 Å². The SMILES string of the molecule is Cc1ncc(OCc2ccccc2)c(CN)c1O. The number of aromatic nitrogens is 1. The molecule has 0 saturated carbocycles. The van der Waals surface area contributed by atoms with Crippen molar-refractivity contribution in [3.63, 3.8) is 0 Å². The van der Waals surface area contributed by atoms with Crippen LogP contribution in [0.5, 0.6) is 11.5 Å². The second kappa shape index (κ2) is 5.51. The highest BCUT2D eigenvalue weighted by molar-refractivity contribution is 5.44. The molecule has 0 amide bonds. The lowest BCUT2D eigenvalue weighted by Gasteiger charge is -2.12. The quantitative estimate of drug-likeness (QED) is 0.864. The van der Waals surface area contributed by atoms with Crippen LogP contribution in [0.1, 0.15) is 16.8 Å². The average molecular weight is 244 g/mol. The Balaban J connectivity index is 2.17. The minimum absolute atomic E-state index is 0.114. The van der Waals surface area contributed by atoms with Gasteiger partial charge in [-0.3, -0.25) is 4.98 Å². The molecule has 0 unspecified atom stereocenters. The van der Waals surface area contributed by atoms with E-state index in [-0.39, 0.29) is 12.3 Å². The molecule has 0 aliphatic rings. The first-order chi connectivity index (χ1) is 8.72. The van der Waals surface area contributed by atoms with E-state index < -0.39 is 0 Å². The van der Waals surface area contributed by atoms with Crippen molar-refractivity contribution in [2.24, 2.45) is 5.73 Å². The van der Waals surface area contributed by atoms with E-state index in [2.05, 4.69) is 4.98 Å². The van der Waals surface area contributed by atoms with Crippen molar-refractivity contribution in [1.82, 2.24) is 4.98 Å². The van der Waals surface area contributed by atoms with Crippen molar-refractivity contribution in [3.8, 4) is 11.5 Å². The average Bonchev–Trinajstić information content (AvgIpc) is 2.41. The number of aryl methyl sites for hydroxylation is 1. The third-order valence-corrected chi connectivity index (χ3v) is 2.74. The molecule has 94 valence electrons. The summed E-state index contributed by atoms with van der Waals surface area (Å²) in [5, 5.41) is 9.85. The summed E-state index contributed by atoms with van der Waals surface area (Å²) in [6.07, 6.45) is 1.60. The van der Waals surface area contributed by atoms with Crippen LogP contribution in [-0.4, -0.2) is 10.1 Å². The van der Waals surface area contributed by atoms with Gasteiger partial charge in [-0.05, 0) is 12.5 Å². The molecule has 0 spiro atoms. The van der Waals surface area contributed by atoms with Crippen molar-refractivity contribution in [3.05, 3.63) is 53.3 Å². The van der Waals surface area contributed by atoms with Gasteiger partial charge in [0, 0.05) is 6.54 Å². The number of nitrogens with zero attached hydrogens (tertiary/aromatic N) is 1. The van der Waals surface area contributed by atoms with Gasteiger partial charge in [0.2, 0.25) is 0 Å². The highest BCUT2D eigenvalue weighted by Gasteiger charge is 2.11. The van der Waals surface area contributed by atoms with Crippen LogP contribution in [0, 0.1) is 6.92 Å². The Labute approximate surface area is 106 Å². The third-order valence-electron chi connectivity index (χ3n) is 2.74. The van der Waals surface area contributed by atoms with Crippen LogP contribution in [0.15, 0.2) is 36.5 Å². The van der Waals surface area contributed by atoms with Crippen molar-refractivity contribution in [2.75, 3.05) is 0 Å². The molecule has 0 aliphatic heterocycles. The lowest BCUT2D eigenvalue weighted by Crippen LogP contribution is -2.05. The Morgan fingerprint density at radius 1 is 1.28 bits per heavy atom. The monoisotopic (exact) mass is 244 g/mol. The van der Waals surface area contributed by atoms with Gasteiger partial charge in [0.15, 0.2) is 0 Å². The van der Waals surface area contributed by atoms with E-state index in [1.165, 1.54) is 0 Å². The van der Waals surface area contributed by atoms with Gasteiger partial charge >= 0.3 is 0 Å². The molecule has 4 nitrogen and oxygen atoms in total. The summed E-state index contributed by atoms with van der Waals surface area (Å²) in [6, 6.07) is 9.81. The molecule has 3 N–H and O–H groups in total. The van der Waals surface area contributed by atoms with Gasteiger partial charge in [-0.25, -0.2) is 0 Å². The fraction of sp³-hybridized carbons (Fsp3) is 0.214.